The van der Waals surface area contributed by atoms with Gasteiger partial charge in [-0.2, -0.15) is 0 Å². The normalized spacial score (nSPS) is 21.2. The van der Waals surface area contributed by atoms with Gasteiger partial charge in [-0.1, -0.05) is 30.5 Å². The van der Waals surface area contributed by atoms with Crippen LogP contribution in [0.2, 0.25) is 0 Å². The molecule has 1 aromatic rings. The number of rotatable bonds is 3. The zero-order valence-corrected chi connectivity index (χ0v) is 16.0. The fourth-order valence-corrected chi connectivity index (χ4v) is 5.59. The lowest BCUT2D eigenvalue weighted by molar-refractivity contribution is -0.133. The highest BCUT2D eigenvalue weighted by Gasteiger charge is 2.51. The summed E-state index contributed by atoms with van der Waals surface area (Å²) in [5.41, 5.74) is 2.39. The largest absolute Gasteiger partial charge is 0.370 e. The molecule has 6 heteroatoms. The van der Waals surface area contributed by atoms with Crippen molar-refractivity contribution in [1.82, 2.24) is 4.90 Å². The van der Waals surface area contributed by atoms with Crippen molar-refractivity contribution in [2.75, 3.05) is 37.3 Å². The summed E-state index contributed by atoms with van der Waals surface area (Å²) in [6, 6.07) is 8.42. The maximum atomic E-state index is 13.1. The first-order valence-electron chi connectivity index (χ1n) is 9.14. The lowest BCUT2D eigenvalue weighted by Gasteiger charge is -2.32. The molecule has 2 aliphatic rings. The zero-order valence-electron chi connectivity index (χ0n) is 15.2. The van der Waals surface area contributed by atoms with Crippen LogP contribution in [-0.4, -0.2) is 56.4 Å². The van der Waals surface area contributed by atoms with Crippen LogP contribution in [0.1, 0.15) is 37.7 Å². The Bertz CT molecular complexity index is 722. The zero-order chi connectivity index (χ0) is 18.1. The van der Waals surface area contributed by atoms with Crippen LogP contribution in [0.5, 0.6) is 0 Å². The van der Waals surface area contributed by atoms with E-state index in [1.54, 1.807) is 4.90 Å². The van der Waals surface area contributed by atoms with Crippen molar-refractivity contribution in [1.29, 1.82) is 0 Å². The van der Waals surface area contributed by atoms with Crippen molar-refractivity contribution in [2.45, 2.75) is 43.8 Å². The minimum Gasteiger partial charge on any atom is -0.370 e. The van der Waals surface area contributed by atoms with Crippen LogP contribution in [-0.2, 0) is 14.6 Å². The summed E-state index contributed by atoms with van der Waals surface area (Å²) in [5.74, 6) is -0.168. The Hall–Kier alpha value is -1.56. The van der Waals surface area contributed by atoms with Gasteiger partial charge in [0, 0.05) is 38.1 Å². The smallest absolute Gasteiger partial charge is 0.244 e. The number of benzene rings is 1. The van der Waals surface area contributed by atoms with Crippen LogP contribution in [0.3, 0.4) is 0 Å². The quantitative estimate of drug-likeness (QED) is 0.826. The first-order chi connectivity index (χ1) is 11.8. The Kier molecular flexibility index (Phi) is 5.09. The van der Waals surface area contributed by atoms with Crippen molar-refractivity contribution in [2.24, 2.45) is 0 Å². The summed E-state index contributed by atoms with van der Waals surface area (Å²) in [5, 5.41) is 0. The topological polar surface area (TPSA) is 57.7 Å². The van der Waals surface area contributed by atoms with Gasteiger partial charge in [0.2, 0.25) is 5.91 Å². The second-order valence-electron chi connectivity index (χ2n) is 7.44. The number of hydrogen-bond acceptors (Lipinski definition) is 4. The van der Waals surface area contributed by atoms with Crippen molar-refractivity contribution >= 4 is 21.4 Å². The standard InChI is InChI=1S/C19H28N2O3S/c1-16-6-8-17(9-7-16)20-12-5-13-21(15-14-20)18(22)19(25(2,23)24)10-3-4-11-19/h6-9H,3-5,10-15H2,1-2H3. The van der Waals surface area contributed by atoms with Crippen LogP contribution >= 0.6 is 0 Å². The average molecular weight is 365 g/mol. The van der Waals surface area contributed by atoms with Gasteiger partial charge in [0.25, 0.3) is 0 Å². The van der Waals surface area contributed by atoms with Gasteiger partial charge < -0.3 is 9.80 Å². The third-order valence-corrected chi connectivity index (χ3v) is 7.70. The molecule has 1 amide bonds. The predicted octanol–water partition coefficient (Wildman–Crippen LogP) is 2.39. The van der Waals surface area contributed by atoms with Gasteiger partial charge in [0.15, 0.2) is 14.6 Å². The fraction of sp³-hybridized carbons (Fsp3) is 0.632. The van der Waals surface area contributed by atoms with E-state index in [1.165, 1.54) is 17.5 Å². The molecular weight excluding hydrogens is 336 g/mol. The molecule has 0 aromatic heterocycles. The highest BCUT2D eigenvalue weighted by atomic mass is 32.2. The van der Waals surface area contributed by atoms with Crippen molar-refractivity contribution < 1.29 is 13.2 Å². The molecule has 0 N–H and O–H groups in total. The van der Waals surface area contributed by atoms with Crippen LogP contribution < -0.4 is 4.90 Å². The van der Waals surface area contributed by atoms with E-state index in [4.69, 9.17) is 0 Å². The highest BCUT2D eigenvalue weighted by molar-refractivity contribution is 7.92. The summed E-state index contributed by atoms with van der Waals surface area (Å²) in [7, 11) is -3.40. The number of anilines is 1. The van der Waals surface area contributed by atoms with E-state index < -0.39 is 14.6 Å². The third kappa shape index (κ3) is 3.54. The molecule has 1 aromatic carbocycles. The molecule has 0 atom stereocenters. The Labute approximate surface area is 150 Å². The van der Waals surface area contributed by atoms with Gasteiger partial charge in [-0.25, -0.2) is 8.42 Å². The number of hydrogen-bond donors (Lipinski definition) is 0. The van der Waals surface area contributed by atoms with Gasteiger partial charge in [0.1, 0.15) is 0 Å². The van der Waals surface area contributed by atoms with E-state index in [9.17, 15) is 13.2 Å². The molecule has 1 heterocycles. The summed E-state index contributed by atoms with van der Waals surface area (Å²) in [6.07, 6.45) is 4.68. The molecule has 3 rings (SSSR count). The predicted molar refractivity (Wildman–Crippen MR) is 101 cm³/mol. The Morgan fingerprint density at radius 2 is 1.60 bits per heavy atom. The van der Waals surface area contributed by atoms with Crippen LogP contribution in [0, 0.1) is 6.92 Å². The van der Waals surface area contributed by atoms with Gasteiger partial charge in [-0.3, -0.25) is 4.79 Å². The molecular formula is C19H28N2O3S. The molecule has 2 fully saturated rings. The molecule has 1 aliphatic heterocycles. The lowest BCUT2D eigenvalue weighted by atomic mass is 10.1. The second kappa shape index (κ2) is 6.98. The van der Waals surface area contributed by atoms with E-state index in [0.29, 0.717) is 25.9 Å². The van der Waals surface area contributed by atoms with E-state index in [0.717, 1.165) is 32.4 Å². The minimum absolute atomic E-state index is 0.168. The number of sulfone groups is 1. The van der Waals surface area contributed by atoms with E-state index >= 15 is 0 Å². The second-order valence-corrected chi connectivity index (χ2v) is 9.77. The highest BCUT2D eigenvalue weighted by Crippen LogP contribution is 2.38. The molecule has 25 heavy (non-hydrogen) atoms. The number of carbonyl (C=O) groups excluding carboxylic acids is 1. The monoisotopic (exact) mass is 364 g/mol. The molecule has 0 bridgehead atoms. The average Bonchev–Trinajstić information content (AvgIpc) is 2.95. The number of nitrogens with zero attached hydrogens (tertiary/aromatic N) is 2. The van der Waals surface area contributed by atoms with Gasteiger partial charge in [-0.05, 0) is 38.3 Å². The van der Waals surface area contributed by atoms with Crippen LogP contribution in [0.25, 0.3) is 0 Å². The van der Waals surface area contributed by atoms with Gasteiger partial charge >= 0.3 is 0 Å². The molecule has 138 valence electrons. The number of amides is 1. The first-order valence-corrected chi connectivity index (χ1v) is 11.0. The molecule has 1 saturated carbocycles. The summed E-state index contributed by atoms with van der Waals surface area (Å²) in [4.78, 5) is 17.2. The Morgan fingerprint density at radius 3 is 2.20 bits per heavy atom. The molecule has 5 nitrogen and oxygen atoms in total. The van der Waals surface area contributed by atoms with Crippen LogP contribution in [0.15, 0.2) is 24.3 Å². The Morgan fingerprint density at radius 1 is 0.960 bits per heavy atom. The lowest BCUT2D eigenvalue weighted by Crippen LogP contribution is -2.52. The molecule has 0 spiro atoms. The SMILES string of the molecule is Cc1ccc(N2CCCN(C(=O)C3(S(C)(=O)=O)CCCC3)CC2)cc1. The number of carbonyl (C=O) groups is 1. The van der Waals surface area contributed by atoms with Gasteiger partial charge in [0.05, 0.1) is 0 Å². The van der Waals surface area contributed by atoms with Crippen LogP contribution in [0.4, 0.5) is 5.69 Å². The Balaban J connectivity index is 1.74. The summed E-state index contributed by atoms with van der Waals surface area (Å²) >= 11 is 0. The molecule has 1 aliphatic carbocycles. The maximum absolute atomic E-state index is 13.1. The fourth-order valence-electron chi connectivity index (χ4n) is 4.11. The van der Waals surface area contributed by atoms with E-state index in [-0.39, 0.29) is 5.91 Å². The number of aryl methyl sites for hydroxylation is 1. The molecule has 1 saturated heterocycles. The maximum Gasteiger partial charge on any atom is 0.244 e. The molecule has 0 unspecified atom stereocenters. The summed E-state index contributed by atoms with van der Waals surface area (Å²) in [6.45, 7) is 4.93. The minimum atomic E-state index is -3.40. The first kappa shape index (κ1) is 18.2. The van der Waals surface area contributed by atoms with Crippen molar-refractivity contribution in [3.8, 4) is 0 Å². The van der Waals surface area contributed by atoms with E-state index in [1.807, 2.05) is 0 Å². The van der Waals surface area contributed by atoms with Crippen molar-refractivity contribution in [3.63, 3.8) is 0 Å². The van der Waals surface area contributed by atoms with Gasteiger partial charge in [-0.15, -0.1) is 0 Å². The van der Waals surface area contributed by atoms with Crippen molar-refractivity contribution in [3.05, 3.63) is 29.8 Å². The summed E-state index contributed by atoms with van der Waals surface area (Å²) < 4.78 is 23.6. The molecule has 0 radical (unpaired) electrons. The third-order valence-electron chi connectivity index (χ3n) is 5.69. The van der Waals surface area contributed by atoms with E-state index in [2.05, 4.69) is 36.1 Å².